The van der Waals surface area contributed by atoms with Crippen LogP contribution in [0.4, 0.5) is 23.7 Å². The van der Waals surface area contributed by atoms with E-state index in [9.17, 15) is 18.0 Å². The van der Waals surface area contributed by atoms with Gasteiger partial charge in [0.1, 0.15) is 0 Å². The number of amides is 2. The van der Waals surface area contributed by atoms with Crippen molar-refractivity contribution in [1.29, 1.82) is 0 Å². The molecule has 0 radical (unpaired) electrons. The molecule has 8 heteroatoms. The molecule has 2 heterocycles. The Kier molecular flexibility index (Phi) is 5.53. The topological polar surface area (TPSA) is 66.9 Å². The molecule has 1 atom stereocenters. The molecular weight excluding hydrogens is 405 g/mol. The summed E-state index contributed by atoms with van der Waals surface area (Å²) in [6.45, 7) is 0. The highest BCUT2D eigenvalue weighted by molar-refractivity contribution is 5.90. The van der Waals surface area contributed by atoms with E-state index in [1.54, 1.807) is 36.5 Å². The molecule has 0 fully saturated rings. The van der Waals surface area contributed by atoms with Gasteiger partial charge in [0.2, 0.25) is 0 Å². The van der Waals surface area contributed by atoms with Crippen LogP contribution in [0.3, 0.4) is 0 Å². The summed E-state index contributed by atoms with van der Waals surface area (Å²) in [5, 5.41) is 6.99. The minimum atomic E-state index is -4.62. The molecule has 0 aliphatic rings. The van der Waals surface area contributed by atoms with E-state index in [4.69, 9.17) is 0 Å². The second kappa shape index (κ2) is 8.43. The summed E-state index contributed by atoms with van der Waals surface area (Å²) in [6, 6.07) is 16.3. The van der Waals surface area contributed by atoms with Crippen molar-refractivity contribution in [3.05, 3.63) is 102 Å². The van der Waals surface area contributed by atoms with Crippen molar-refractivity contribution >= 4 is 22.5 Å². The number of carbonyl (C=O) groups excluding carboxylic acids is 1. The highest BCUT2D eigenvalue weighted by atomic mass is 19.4. The molecule has 2 aromatic heterocycles. The fourth-order valence-corrected chi connectivity index (χ4v) is 3.32. The fourth-order valence-electron chi connectivity index (χ4n) is 3.32. The first-order chi connectivity index (χ1) is 14.9. The van der Waals surface area contributed by atoms with Crippen LogP contribution in [0, 0.1) is 0 Å². The molecule has 0 aliphatic carbocycles. The summed E-state index contributed by atoms with van der Waals surface area (Å²) in [4.78, 5) is 20.5. The number of rotatable bonds is 4. The van der Waals surface area contributed by atoms with Crippen LogP contribution in [0.1, 0.15) is 22.9 Å². The molecule has 5 nitrogen and oxygen atoms in total. The van der Waals surface area contributed by atoms with Gasteiger partial charge in [0.15, 0.2) is 0 Å². The zero-order valence-corrected chi connectivity index (χ0v) is 16.1. The Bertz CT molecular complexity index is 1210. The van der Waals surface area contributed by atoms with Gasteiger partial charge in [-0.1, -0.05) is 36.4 Å². The second-order valence-corrected chi connectivity index (χ2v) is 6.81. The van der Waals surface area contributed by atoms with Gasteiger partial charge in [0.05, 0.1) is 29.2 Å². The SMILES string of the molecule is O=C(Nc1cccnc1)N[C@@H](c1ccc2ccccc2c1)c1ncccc1C(F)(F)F. The van der Waals surface area contributed by atoms with Crippen LogP contribution in [0.25, 0.3) is 10.8 Å². The van der Waals surface area contributed by atoms with E-state index in [0.717, 1.165) is 16.8 Å². The van der Waals surface area contributed by atoms with E-state index in [-0.39, 0.29) is 5.69 Å². The largest absolute Gasteiger partial charge is 0.418 e. The van der Waals surface area contributed by atoms with Crippen molar-refractivity contribution in [2.75, 3.05) is 5.32 Å². The van der Waals surface area contributed by atoms with Crippen LogP contribution in [0.15, 0.2) is 85.3 Å². The summed E-state index contributed by atoms with van der Waals surface area (Å²) in [5.41, 5.74) is -0.306. The Hall–Kier alpha value is -3.94. The molecule has 31 heavy (non-hydrogen) atoms. The summed E-state index contributed by atoms with van der Waals surface area (Å²) in [6.07, 6.45) is -0.365. The van der Waals surface area contributed by atoms with Crippen molar-refractivity contribution in [2.24, 2.45) is 0 Å². The molecule has 0 spiro atoms. The van der Waals surface area contributed by atoms with Crippen LogP contribution >= 0.6 is 0 Å². The number of benzene rings is 2. The predicted molar refractivity (Wildman–Crippen MR) is 111 cm³/mol. The number of alkyl halides is 3. The maximum atomic E-state index is 13.7. The molecular formula is C23H17F3N4O. The lowest BCUT2D eigenvalue weighted by molar-refractivity contribution is -0.138. The van der Waals surface area contributed by atoms with Gasteiger partial charge >= 0.3 is 12.2 Å². The molecule has 4 rings (SSSR count). The monoisotopic (exact) mass is 422 g/mol. The molecule has 0 saturated carbocycles. The van der Waals surface area contributed by atoms with E-state index < -0.39 is 23.8 Å². The number of nitrogens with zero attached hydrogens (tertiary/aromatic N) is 2. The van der Waals surface area contributed by atoms with Gasteiger partial charge in [0.25, 0.3) is 0 Å². The van der Waals surface area contributed by atoms with Crippen LogP contribution in [0.5, 0.6) is 0 Å². The van der Waals surface area contributed by atoms with Crippen molar-refractivity contribution in [3.63, 3.8) is 0 Å². The summed E-state index contributed by atoms with van der Waals surface area (Å²) in [7, 11) is 0. The summed E-state index contributed by atoms with van der Waals surface area (Å²) >= 11 is 0. The lowest BCUT2D eigenvalue weighted by Gasteiger charge is -2.23. The van der Waals surface area contributed by atoms with Crippen molar-refractivity contribution < 1.29 is 18.0 Å². The van der Waals surface area contributed by atoms with E-state index in [2.05, 4.69) is 20.6 Å². The Morgan fingerprint density at radius 2 is 1.68 bits per heavy atom. The van der Waals surface area contributed by atoms with Crippen LogP contribution in [-0.2, 0) is 6.18 Å². The Labute approximate surface area is 176 Å². The first kappa shape index (κ1) is 20.3. The third kappa shape index (κ3) is 4.63. The zero-order chi connectivity index (χ0) is 21.8. The van der Waals surface area contributed by atoms with Crippen molar-refractivity contribution in [2.45, 2.75) is 12.2 Å². The Morgan fingerprint density at radius 3 is 2.42 bits per heavy atom. The van der Waals surface area contributed by atoms with Gasteiger partial charge in [-0.05, 0) is 46.7 Å². The number of urea groups is 1. The second-order valence-electron chi connectivity index (χ2n) is 6.81. The van der Waals surface area contributed by atoms with E-state index >= 15 is 0 Å². The Balaban J connectivity index is 1.76. The number of pyridine rings is 2. The van der Waals surface area contributed by atoms with Crippen LogP contribution in [0.2, 0.25) is 0 Å². The highest BCUT2D eigenvalue weighted by Gasteiger charge is 2.37. The quantitative estimate of drug-likeness (QED) is 0.453. The number of hydrogen-bond donors (Lipinski definition) is 2. The number of carbonyl (C=O) groups is 1. The molecule has 4 aromatic rings. The fraction of sp³-hybridized carbons (Fsp3) is 0.0870. The van der Waals surface area contributed by atoms with Crippen molar-refractivity contribution in [1.82, 2.24) is 15.3 Å². The minimum Gasteiger partial charge on any atom is -0.325 e. The molecule has 0 unspecified atom stereocenters. The van der Waals surface area contributed by atoms with Gasteiger partial charge in [-0.15, -0.1) is 0 Å². The predicted octanol–water partition coefficient (Wildman–Crippen LogP) is 5.56. The lowest BCUT2D eigenvalue weighted by atomic mass is 9.96. The molecule has 0 bridgehead atoms. The molecule has 2 N–H and O–H groups in total. The normalized spacial score (nSPS) is 12.4. The van der Waals surface area contributed by atoms with Gasteiger partial charge in [0, 0.05) is 12.4 Å². The highest BCUT2D eigenvalue weighted by Crippen LogP contribution is 2.36. The zero-order valence-electron chi connectivity index (χ0n) is 16.1. The van der Waals surface area contributed by atoms with Crippen LogP contribution < -0.4 is 10.6 Å². The molecule has 0 aliphatic heterocycles. The van der Waals surface area contributed by atoms with Gasteiger partial charge < -0.3 is 10.6 Å². The number of halogens is 3. The average Bonchev–Trinajstić information content (AvgIpc) is 2.77. The number of nitrogens with one attached hydrogen (secondary N) is 2. The van der Waals surface area contributed by atoms with Gasteiger partial charge in [-0.25, -0.2) is 4.79 Å². The van der Waals surface area contributed by atoms with E-state index in [0.29, 0.717) is 11.3 Å². The van der Waals surface area contributed by atoms with E-state index in [1.807, 2.05) is 24.3 Å². The smallest absolute Gasteiger partial charge is 0.325 e. The standard InChI is InChI=1S/C23H17F3N4O/c24-23(25,26)19-8-4-12-28-21(19)20(30-22(31)29-18-7-3-11-27-14-18)17-10-9-15-5-1-2-6-16(15)13-17/h1-14,20H,(H2,29,30,31)/t20-/m0/s1. The van der Waals surface area contributed by atoms with Gasteiger partial charge in [-0.2, -0.15) is 13.2 Å². The Morgan fingerprint density at radius 1 is 0.903 bits per heavy atom. The molecule has 2 amide bonds. The average molecular weight is 422 g/mol. The van der Waals surface area contributed by atoms with E-state index in [1.165, 1.54) is 18.5 Å². The minimum absolute atomic E-state index is 0.286. The number of aromatic nitrogens is 2. The molecule has 2 aromatic carbocycles. The maximum Gasteiger partial charge on any atom is 0.418 e. The lowest BCUT2D eigenvalue weighted by Crippen LogP contribution is -2.35. The maximum absolute atomic E-state index is 13.7. The number of fused-ring (bicyclic) bond motifs is 1. The number of anilines is 1. The van der Waals surface area contributed by atoms with Crippen LogP contribution in [-0.4, -0.2) is 16.0 Å². The first-order valence-corrected chi connectivity index (χ1v) is 9.40. The van der Waals surface area contributed by atoms with Gasteiger partial charge in [-0.3, -0.25) is 9.97 Å². The van der Waals surface area contributed by atoms with Crippen molar-refractivity contribution in [3.8, 4) is 0 Å². The number of hydrogen-bond acceptors (Lipinski definition) is 3. The molecule has 156 valence electrons. The first-order valence-electron chi connectivity index (χ1n) is 9.40. The third-order valence-electron chi connectivity index (χ3n) is 4.72. The third-order valence-corrected chi connectivity index (χ3v) is 4.72. The summed E-state index contributed by atoms with van der Waals surface area (Å²) < 4.78 is 41.1. The molecule has 0 saturated heterocycles. The summed E-state index contributed by atoms with van der Waals surface area (Å²) in [5.74, 6) is 0.